The number of piperazine rings is 2. The van der Waals surface area contributed by atoms with Crippen LogP contribution in [0.15, 0.2) is 36.4 Å². The molecule has 0 bridgehead atoms. The molecule has 2 amide bonds. The summed E-state index contributed by atoms with van der Waals surface area (Å²) in [7, 11) is 0. The zero-order valence-corrected chi connectivity index (χ0v) is 34.1. The lowest BCUT2D eigenvalue weighted by molar-refractivity contribution is 0.0138. The van der Waals surface area contributed by atoms with E-state index in [2.05, 4.69) is 32.1 Å². The Bertz CT molecular complexity index is 1490. The molecule has 0 atom stereocenters. The quantitative estimate of drug-likeness (QED) is 0.301. The number of amides is 2. The van der Waals surface area contributed by atoms with Crippen LogP contribution in [0.2, 0.25) is 10.0 Å². The number of aldehydes is 1. The van der Waals surface area contributed by atoms with Crippen LogP contribution in [0.3, 0.4) is 0 Å². The summed E-state index contributed by atoms with van der Waals surface area (Å²) < 4.78 is 10.7. The summed E-state index contributed by atoms with van der Waals surface area (Å²) in [5.41, 5.74) is 3.47. The Morgan fingerprint density at radius 1 is 0.667 bits per heavy atom. The predicted octanol–water partition coefficient (Wildman–Crippen LogP) is 8.21. The number of rotatable bonds is 5. The number of halogens is 2. The summed E-state index contributed by atoms with van der Waals surface area (Å²) in [6.07, 6.45) is 5.40. The summed E-state index contributed by atoms with van der Waals surface area (Å²) in [4.78, 5) is 45.2. The molecule has 0 radical (unpaired) electrons. The van der Waals surface area contributed by atoms with Crippen LogP contribution >= 0.6 is 23.2 Å². The molecule has 0 spiro atoms. The van der Waals surface area contributed by atoms with Crippen molar-refractivity contribution in [2.45, 2.75) is 92.4 Å². The molecule has 0 unspecified atom stereocenters. The van der Waals surface area contributed by atoms with Crippen LogP contribution in [0, 0.1) is 0 Å². The van der Waals surface area contributed by atoms with Gasteiger partial charge in [-0.2, -0.15) is 0 Å². The van der Waals surface area contributed by atoms with Crippen molar-refractivity contribution in [1.82, 2.24) is 20.0 Å². The van der Waals surface area contributed by atoms with Crippen LogP contribution in [0.1, 0.15) is 90.6 Å². The number of hydrogen-bond donors (Lipinski definition) is 1. The van der Waals surface area contributed by atoms with Crippen molar-refractivity contribution >= 4 is 53.0 Å². The first kappa shape index (κ1) is 45.1. The maximum absolute atomic E-state index is 12.2. The van der Waals surface area contributed by atoms with E-state index in [-0.39, 0.29) is 25.2 Å². The molecule has 13 heteroatoms. The number of hydrogen-bond acceptors (Lipinski definition) is 9. The number of carbonyl (C=O) groups excluding carboxylic acids is 3. The maximum Gasteiger partial charge on any atom is 0.410 e. The zero-order valence-electron chi connectivity index (χ0n) is 32.6. The van der Waals surface area contributed by atoms with E-state index in [1.165, 1.54) is 36.9 Å². The van der Waals surface area contributed by atoms with Gasteiger partial charge in [-0.15, -0.1) is 0 Å². The van der Waals surface area contributed by atoms with Gasteiger partial charge in [0.25, 0.3) is 0 Å². The fourth-order valence-electron chi connectivity index (χ4n) is 6.64. The zero-order chi connectivity index (χ0) is 38.6. The third-order valence-corrected chi connectivity index (χ3v) is 9.71. The first-order valence-electron chi connectivity index (χ1n) is 19.0. The fraction of sp³-hybridized carbons (Fsp3) is 0.634. The van der Waals surface area contributed by atoms with Crippen LogP contribution in [0.25, 0.3) is 0 Å². The first-order valence-corrected chi connectivity index (χ1v) is 19.8. The van der Waals surface area contributed by atoms with Gasteiger partial charge in [0.1, 0.15) is 11.2 Å². The first-order chi connectivity index (χ1) is 25.1. The van der Waals surface area contributed by atoms with E-state index in [9.17, 15) is 14.4 Å². The third-order valence-electron chi connectivity index (χ3n) is 9.24. The highest BCUT2D eigenvalue weighted by Crippen LogP contribution is 2.29. The van der Waals surface area contributed by atoms with Crippen molar-refractivity contribution in [2.75, 3.05) is 88.3 Å². The van der Waals surface area contributed by atoms with Gasteiger partial charge < -0.3 is 34.4 Å². The van der Waals surface area contributed by atoms with Gasteiger partial charge in [-0.1, -0.05) is 30.6 Å². The minimum absolute atomic E-state index is 0. The second kappa shape index (κ2) is 21.2. The highest BCUT2D eigenvalue weighted by molar-refractivity contribution is 6.31. The molecule has 0 aliphatic carbocycles. The molecule has 0 saturated carbocycles. The van der Waals surface area contributed by atoms with Crippen molar-refractivity contribution in [3.8, 4) is 0 Å². The topological polar surface area (TPSA) is 97.9 Å². The lowest BCUT2D eigenvalue weighted by Gasteiger charge is -2.36. The molecule has 1 N–H and O–H groups in total. The summed E-state index contributed by atoms with van der Waals surface area (Å²) >= 11 is 12.1. The Hall–Kier alpha value is -3.25. The summed E-state index contributed by atoms with van der Waals surface area (Å²) in [5.74, 6) is 0. The second-order valence-electron chi connectivity index (χ2n) is 15.9. The van der Waals surface area contributed by atoms with Gasteiger partial charge in [-0.05, 0) is 109 Å². The molecule has 2 aromatic carbocycles. The largest absolute Gasteiger partial charge is 0.444 e. The lowest BCUT2D eigenvalue weighted by atomic mass is 10.1. The number of nitrogens with zero attached hydrogens (tertiary/aromatic N) is 5. The van der Waals surface area contributed by atoms with E-state index < -0.39 is 5.60 Å². The third kappa shape index (κ3) is 14.8. The van der Waals surface area contributed by atoms with Crippen molar-refractivity contribution in [2.24, 2.45) is 0 Å². The highest BCUT2D eigenvalue weighted by atomic mass is 35.5. The van der Waals surface area contributed by atoms with Crippen LogP contribution in [0.5, 0.6) is 0 Å². The molecular weight excluding hydrogens is 727 g/mol. The summed E-state index contributed by atoms with van der Waals surface area (Å²) in [6.45, 7) is 22.9. The highest BCUT2D eigenvalue weighted by Gasteiger charge is 2.27. The minimum Gasteiger partial charge on any atom is -0.444 e. The number of benzene rings is 2. The Labute approximate surface area is 334 Å². The van der Waals surface area contributed by atoms with Gasteiger partial charge in [0.15, 0.2) is 6.29 Å². The van der Waals surface area contributed by atoms with E-state index in [1.54, 1.807) is 15.9 Å². The molecule has 11 nitrogen and oxygen atoms in total. The minimum atomic E-state index is -0.445. The molecule has 4 fully saturated rings. The SMILES string of the molecule is C.CC(C)(C)OC(=O)N1CCN(Cc2cc(Cl)ccc2N2CCCC2)CC1.CC(C)(C)OC(=O)N1CCNCC1.O=Cc1cc(Cl)ccc1N1CCCC1. The Morgan fingerprint density at radius 2 is 1.11 bits per heavy atom. The Balaban J connectivity index is 0.000000237. The standard InChI is InChI=1S/C20H30ClN3O2.C11H12ClNO.C9H18N2O2.CH4/c1-20(2,3)26-19(25)24-12-10-22(11-13-24)15-16-14-17(21)6-7-18(16)23-8-4-5-9-23;12-10-3-4-11(9(7-10)8-14)13-5-1-2-6-13;1-9(2,3)13-8(12)11-6-4-10-5-7-11;/h6-7,14H,4-5,8-13,15H2,1-3H3;3-4,7-8H,1-2,5-6H2;10H,4-7H2,1-3H3;1H4. The van der Waals surface area contributed by atoms with Crippen LogP contribution in [-0.2, 0) is 16.0 Å². The molecule has 302 valence electrons. The van der Waals surface area contributed by atoms with Gasteiger partial charge >= 0.3 is 12.2 Å². The molecule has 4 aliphatic heterocycles. The molecule has 2 aromatic rings. The molecule has 4 aliphatic rings. The van der Waals surface area contributed by atoms with Gasteiger partial charge in [0.2, 0.25) is 0 Å². The van der Waals surface area contributed by atoms with E-state index in [0.717, 1.165) is 89.0 Å². The Kier molecular flexibility index (Phi) is 17.7. The number of anilines is 2. The van der Waals surface area contributed by atoms with Gasteiger partial charge in [-0.3, -0.25) is 9.69 Å². The number of ether oxygens (including phenoxy) is 2. The van der Waals surface area contributed by atoms with Crippen LogP contribution in [0.4, 0.5) is 21.0 Å². The smallest absolute Gasteiger partial charge is 0.410 e. The van der Waals surface area contributed by atoms with E-state index in [4.69, 9.17) is 32.7 Å². The fourth-order valence-corrected chi connectivity index (χ4v) is 7.02. The Morgan fingerprint density at radius 3 is 1.59 bits per heavy atom. The molecule has 6 rings (SSSR count). The molecule has 4 heterocycles. The van der Waals surface area contributed by atoms with E-state index >= 15 is 0 Å². The molecule has 4 saturated heterocycles. The van der Waals surface area contributed by atoms with Crippen LogP contribution < -0.4 is 15.1 Å². The normalized spacial score (nSPS) is 17.8. The van der Waals surface area contributed by atoms with Crippen LogP contribution in [-0.4, -0.2) is 123 Å². The van der Waals surface area contributed by atoms with Crippen molar-refractivity contribution in [3.05, 3.63) is 57.6 Å². The van der Waals surface area contributed by atoms with Crippen molar-refractivity contribution in [1.29, 1.82) is 0 Å². The lowest BCUT2D eigenvalue weighted by Crippen LogP contribution is -2.49. The average Bonchev–Trinajstić information content (AvgIpc) is 3.84. The van der Waals surface area contributed by atoms with Gasteiger partial charge in [0.05, 0.1) is 0 Å². The average molecular weight is 792 g/mol. The second-order valence-corrected chi connectivity index (χ2v) is 16.8. The monoisotopic (exact) mass is 790 g/mol. The number of nitrogens with one attached hydrogen (secondary N) is 1. The molecule has 54 heavy (non-hydrogen) atoms. The molecule has 0 aromatic heterocycles. The van der Waals surface area contributed by atoms with Crippen molar-refractivity contribution < 1.29 is 23.9 Å². The van der Waals surface area contributed by atoms with Crippen molar-refractivity contribution in [3.63, 3.8) is 0 Å². The van der Waals surface area contributed by atoms with Gasteiger partial charge in [-0.25, -0.2) is 9.59 Å². The summed E-state index contributed by atoms with van der Waals surface area (Å²) in [5, 5.41) is 4.59. The summed E-state index contributed by atoms with van der Waals surface area (Å²) in [6, 6.07) is 11.7. The van der Waals surface area contributed by atoms with E-state index in [1.807, 2.05) is 59.7 Å². The maximum atomic E-state index is 12.2. The van der Waals surface area contributed by atoms with E-state index in [0.29, 0.717) is 23.7 Å². The number of carbonyl (C=O) groups is 3. The van der Waals surface area contributed by atoms with Gasteiger partial charge in [0, 0.05) is 112 Å². The predicted molar refractivity (Wildman–Crippen MR) is 222 cm³/mol. The molecular formula is C41H64Cl2N6O5.